The highest BCUT2D eigenvalue weighted by Gasteiger charge is 2.37. The second-order valence-electron chi connectivity index (χ2n) is 5.45. The van der Waals surface area contributed by atoms with Gasteiger partial charge in [0.2, 0.25) is 6.93 Å². The summed E-state index contributed by atoms with van der Waals surface area (Å²) in [4.78, 5) is 13.2. The fourth-order valence-electron chi connectivity index (χ4n) is 2.53. The summed E-state index contributed by atoms with van der Waals surface area (Å²) < 4.78 is 43.1. The zero-order valence-electron chi connectivity index (χ0n) is 14.9. The monoisotopic (exact) mass is 407 g/mol. The highest BCUT2D eigenvalue weighted by Crippen LogP contribution is 2.31. The van der Waals surface area contributed by atoms with Crippen LogP contribution in [0.3, 0.4) is 0 Å². The fraction of sp³-hybridized carbons (Fsp3) is 0.471. The van der Waals surface area contributed by atoms with Crippen LogP contribution < -0.4 is 4.90 Å². The minimum atomic E-state index is -1.75. The van der Waals surface area contributed by atoms with Crippen molar-refractivity contribution in [2.24, 2.45) is 5.92 Å². The quantitative estimate of drug-likeness (QED) is 0.448. The van der Waals surface area contributed by atoms with E-state index in [0.717, 1.165) is 4.90 Å². The Bertz CT molecular complexity index is 691. The Hall–Kier alpha value is -2.13. The van der Waals surface area contributed by atoms with Gasteiger partial charge in [-0.15, -0.1) is 0 Å². The van der Waals surface area contributed by atoms with Gasteiger partial charge in [0.15, 0.2) is 0 Å². The Kier molecular flexibility index (Phi) is 9.23. The molecule has 2 unspecified atom stereocenters. The minimum absolute atomic E-state index is 0.0861. The molecule has 1 aliphatic rings. The lowest BCUT2D eigenvalue weighted by Gasteiger charge is -2.29. The number of nitrogens with zero attached hydrogens (tertiary/aromatic N) is 1. The summed E-state index contributed by atoms with van der Waals surface area (Å²) in [7, 11) is 0. The topological polar surface area (TPSA) is 86.5 Å². The van der Waals surface area contributed by atoms with Crippen molar-refractivity contribution in [1.29, 1.82) is 10.8 Å². The maximum Gasteiger partial charge on any atom is 0.311 e. The number of hydrogen-bond donors (Lipinski definition) is 2. The molecule has 2 N–H and O–H groups in total. The van der Waals surface area contributed by atoms with Crippen LogP contribution in [0.15, 0.2) is 18.2 Å². The van der Waals surface area contributed by atoms with Crippen LogP contribution in [0.25, 0.3) is 0 Å². The molecule has 0 saturated heterocycles. The van der Waals surface area contributed by atoms with Gasteiger partial charge in [0.1, 0.15) is 24.4 Å². The first-order valence-corrected chi connectivity index (χ1v) is 8.40. The first kappa shape index (κ1) is 22.9. The van der Waals surface area contributed by atoms with Gasteiger partial charge in [-0.2, -0.15) is 0 Å². The summed E-state index contributed by atoms with van der Waals surface area (Å²) in [6, 6.07) is 4.85. The van der Waals surface area contributed by atoms with Gasteiger partial charge >= 0.3 is 5.97 Å². The molecule has 0 aromatic heterocycles. The largest absolute Gasteiger partial charge is 0.466 e. The number of fused-ring (bicyclic) bond motifs is 1. The number of esters is 1. The van der Waals surface area contributed by atoms with E-state index in [1.807, 2.05) is 0 Å². The number of nitrogens with one attached hydrogen (secondary N) is 2. The summed E-state index contributed by atoms with van der Waals surface area (Å²) in [5, 5.41) is 16.7. The fourth-order valence-corrected chi connectivity index (χ4v) is 2.73. The molecule has 0 saturated carbocycles. The molecule has 0 spiro atoms. The lowest BCUT2D eigenvalue weighted by Crippen LogP contribution is -2.47. The number of benzene rings is 1. The summed E-state index contributed by atoms with van der Waals surface area (Å²) in [6.45, 7) is 0.765. The van der Waals surface area contributed by atoms with E-state index in [1.165, 1.54) is 0 Å². The smallest absolute Gasteiger partial charge is 0.311 e. The molecule has 1 aromatic carbocycles. The van der Waals surface area contributed by atoms with Crippen LogP contribution in [0.1, 0.15) is 19.4 Å². The van der Waals surface area contributed by atoms with Crippen molar-refractivity contribution in [3.05, 3.63) is 28.8 Å². The normalized spacial score (nSPS) is 17.2. The maximum absolute atomic E-state index is 13.1. The van der Waals surface area contributed by atoms with E-state index >= 15 is 0 Å². The Morgan fingerprint density at radius 3 is 2.63 bits per heavy atom. The van der Waals surface area contributed by atoms with Crippen LogP contribution in [0, 0.1) is 16.7 Å². The van der Waals surface area contributed by atoms with Crippen molar-refractivity contribution in [2.75, 3.05) is 25.1 Å². The summed E-state index contributed by atoms with van der Waals surface area (Å²) in [5.74, 6) is -1.87. The van der Waals surface area contributed by atoms with Gasteiger partial charge in [0.25, 0.3) is 0 Å². The van der Waals surface area contributed by atoms with Crippen LogP contribution in [0.2, 0.25) is 5.02 Å². The molecule has 0 radical (unpaired) electrons. The molecule has 0 fully saturated rings. The van der Waals surface area contributed by atoms with Gasteiger partial charge in [-0.1, -0.05) is 11.6 Å². The Balaban J connectivity index is 0.00000114. The van der Waals surface area contributed by atoms with E-state index in [2.05, 4.69) is 0 Å². The summed E-state index contributed by atoms with van der Waals surface area (Å²) >= 11 is 5.99. The number of halogens is 4. The van der Waals surface area contributed by atoms with Crippen molar-refractivity contribution in [3.8, 4) is 0 Å². The first-order valence-electron chi connectivity index (χ1n) is 8.02. The van der Waals surface area contributed by atoms with Crippen molar-refractivity contribution in [3.63, 3.8) is 0 Å². The molecule has 0 aliphatic carbocycles. The SMILES string of the molecule is CCOC(=O)C(C)C1OCc2cc(Cl)ccc2N(C(=N)CF)C1=N.FCF. The summed E-state index contributed by atoms with van der Waals surface area (Å²) in [6.07, 6.45) is -0.956. The average molecular weight is 408 g/mol. The molecule has 27 heavy (non-hydrogen) atoms. The molecule has 10 heteroatoms. The van der Waals surface area contributed by atoms with Crippen LogP contribution in [-0.2, 0) is 20.9 Å². The van der Waals surface area contributed by atoms with Gasteiger partial charge in [0.05, 0.1) is 24.8 Å². The van der Waals surface area contributed by atoms with E-state index in [0.29, 0.717) is 16.3 Å². The zero-order chi connectivity index (χ0) is 20.6. The first-order chi connectivity index (χ1) is 12.8. The van der Waals surface area contributed by atoms with E-state index in [4.69, 9.17) is 31.9 Å². The van der Waals surface area contributed by atoms with Gasteiger partial charge in [-0.05, 0) is 32.0 Å². The van der Waals surface area contributed by atoms with E-state index in [1.54, 1.807) is 32.0 Å². The lowest BCUT2D eigenvalue weighted by atomic mass is 10.0. The predicted octanol–water partition coefficient (Wildman–Crippen LogP) is 4.05. The highest BCUT2D eigenvalue weighted by atomic mass is 35.5. The van der Waals surface area contributed by atoms with Crippen LogP contribution in [-0.4, -0.2) is 44.0 Å². The Morgan fingerprint density at radius 1 is 1.44 bits per heavy atom. The minimum Gasteiger partial charge on any atom is -0.466 e. The van der Waals surface area contributed by atoms with Gasteiger partial charge in [0, 0.05) is 10.6 Å². The third-order valence-electron chi connectivity index (χ3n) is 3.72. The number of amidine groups is 2. The molecule has 1 aromatic rings. The van der Waals surface area contributed by atoms with Gasteiger partial charge < -0.3 is 9.47 Å². The molecular formula is C17H21ClF3N3O3. The van der Waals surface area contributed by atoms with E-state index in [9.17, 15) is 18.0 Å². The number of ether oxygens (including phenoxy) is 2. The third kappa shape index (κ3) is 5.67. The molecule has 0 bridgehead atoms. The van der Waals surface area contributed by atoms with Gasteiger partial charge in [-0.25, -0.2) is 13.2 Å². The van der Waals surface area contributed by atoms with E-state index < -0.39 is 37.4 Å². The highest BCUT2D eigenvalue weighted by molar-refractivity contribution is 6.31. The summed E-state index contributed by atoms with van der Waals surface area (Å²) in [5.41, 5.74) is 1.06. The Labute approximate surface area is 160 Å². The number of carbonyl (C=O) groups is 1. The van der Waals surface area contributed by atoms with Crippen molar-refractivity contribution < 1.29 is 27.4 Å². The second-order valence-corrected chi connectivity index (χ2v) is 5.88. The van der Waals surface area contributed by atoms with Crippen molar-refractivity contribution in [2.45, 2.75) is 26.6 Å². The Morgan fingerprint density at radius 2 is 2.07 bits per heavy atom. The number of anilines is 1. The molecule has 0 amide bonds. The van der Waals surface area contributed by atoms with E-state index in [-0.39, 0.29) is 19.0 Å². The van der Waals surface area contributed by atoms with Crippen LogP contribution in [0.4, 0.5) is 18.9 Å². The standard InChI is InChI=1S/C16H19ClFN3O3.CH2F2/c1-3-23-16(22)9(2)14-15(20)21(13(19)7-18)12-5-4-11(17)6-10(12)8-24-14;2-1-3/h4-6,9,14,19-20H,3,7-8H2,1-2H3;1H2. The number of hydrogen-bond acceptors (Lipinski definition) is 5. The third-order valence-corrected chi connectivity index (χ3v) is 3.96. The molecule has 6 nitrogen and oxygen atoms in total. The predicted molar refractivity (Wildman–Crippen MR) is 96.8 cm³/mol. The lowest BCUT2D eigenvalue weighted by molar-refractivity contribution is -0.151. The molecule has 2 rings (SSSR count). The number of alkyl halides is 3. The second kappa shape index (κ2) is 10.9. The molecule has 150 valence electrons. The number of rotatable bonds is 4. The molecule has 1 aliphatic heterocycles. The van der Waals surface area contributed by atoms with Crippen molar-refractivity contribution in [1.82, 2.24) is 0 Å². The number of carbonyl (C=O) groups excluding carboxylic acids is 1. The molecular weight excluding hydrogens is 387 g/mol. The molecule has 2 atom stereocenters. The average Bonchev–Trinajstić information content (AvgIpc) is 2.77. The molecule has 1 heterocycles. The van der Waals surface area contributed by atoms with Gasteiger partial charge in [-0.3, -0.25) is 20.5 Å². The van der Waals surface area contributed by atoms with Crippen molar-refractivity contribution >= 4 is 34.9 Å². The van der Waals surface area contributed by atoms with Crippen LogP contribution >= 0.6 is 11.6 Å². The zero-order valence-corrected chi connectivity index (χ0v) is 15.7. The van der Waals surface area contributed by atoms with Crippen LogP contribution in [0.5, 0.6) is 0 Å². The maximum atomic E-state index is 13.1.